The molecular weight excluding hydrogens is 286 g/mol. The molecule has 0 heterocycles. The lowest BCUT2D eigenvalue weighted by Crippen LogP contribution is -2.40. The second-order valence-electron chi connectivity index (χ2n) is 5.40. The zero-order chi connectivity index (χ0) is 15.3. The number of sulfonamides is 1. The van der Waals surface area contributed by atoms with Crippen LogP contribution in [0.1, 0.15) is 38.2 Å². The van der Waals surface area contributed by atoms with Crippen LogP contribution < -0.4 is 4.72 Å². The van der Waals surface area contributed by atoms with Gasteiger partial charge in [0.2, 0.25) is 10.0 Å². The van der Waals surface area contributed by atoms with E-state index in [-0.39, 0.29) is 17.5 Å². The van der Waals surface area contributed by atoms with Gasteiger partial charge in [0.05, 0.1) is 11.5 Å². The van der Waals surface area contributed by atoms with Crippen LogP contribution in [0.4, 0.5) is 0 Å². The lowest BCUT2D eigenvalue weighted by Gasteiger charge is -2.31. The summed E-state index contributed by atoms with van der Waals surface area (Å²) in [6.45, 7) is 1.96. The van der Waals surface area contributed by atoms with Gasteiger partial charge >= 0.3 is 0 Å². The van der Waals surface area contributed by atoms with Crippen molar-refractivity contribution in [1.82, 2.24) is 4.72 Å². The zero-order valence-electron chi connectivity index (χ0n) is 12.2. The van der Waals surface area contributed by atoms with Gasteiger partial charge in [-0.2, -0.15) is 0 Å². The molecule has 0 amide bonds. The fraction of sp³-hybridized carbons (Fsp3) is 0.500. The number of aliphatic hydroxyl groups is 1. The summed E-state index contributed by atoms with van der Waals surface area (Å²) in [5.41, 5.74) is 0.745. The highest BCUT2D eigenvalue weighted by Gasteiger charge is 2.27. The lowest BCUT2D eigenvalue weighted by molar-refractivity contribution is 0.260. The molecule has 0 aliphatic heterocycles. The Morgan fingerprint density at radius 3 is 2.52 bits per heavy atom. The lowest BCUT2D eigenvalue weighted by atomic mass is 9.81. The maximum absolute atomic E-state index is 12.3. The predicted octanol–water partition coefficient (Wildman–Crippen LogP) is 1.89. The first-order valence-corrected chi connectivity index (χ1v) is 8.73. The van der Waals surface area contributed by atoms with Crippen LogP contribution in [0.15, 0.2) is 29.2 Å². The largest absolute Gasteiger partial charge is 0.395 e. The van der Waals surface area contributed by atoms with Crippen LogP contribution >= 0.6 is 0 Å². The van der Waals surface area contributed by atoms with Crippen molar-refractivity contribution in [3.05, 3.63) is 29.8 Å². The molecule has 1 fully saturated rings. The SMILES string of the molecule is CC(NS(=O)(=O)c1ccc(C#CCCO)cc1)C1CCC1. The number of nitrogens with one attached hydrogen (secondary N) is 1. The summed E-state index contributed by atoms with van der Waals surface area (Å²) in [5.74, 6) is 6.14. The molecule has 0 bridgehead atoms. The third-order valence-corrected chi connectivity index (χ3v) is 5.41. The summed E-state index contributed by atoms with van der Waals surface area (Å²) in [5, 5.41) is 8.66. The molecular formula is C16H21NO3S. The molecule has 0 saturated heterocycles. The van der Waals surface area contributed by atoms with Crippen molar-refractivity contribution in [3.8, 4) is 11.8 Å². The van der Waals surface area contributed by atoms with E-state index in [1.807, 2.05) is 6.92 Å². The Morgan fingerprint density at radius 1 is 1.33 bits per heavy atom. The summed E-state index contributed by atoms with van der Waals surface area (Å²) < 4.78 is 27.3. The molecule has 0 spiro atoms. The van der Waals surface area contributed by atoms with Crippen molar-refractivity contribution in [2.45, 2.75) is 43.5 Å². The monoisotopic (exact) mass is 307 g/mol. The van der Waals surface area contributed by atoms with Gasteiger partial charge in [-0.05, 0) is 49.9 Å². The molecule has 0 radical (unpaired) electrons. The molecule has 1 aromatic rings. The van der Waals surface area contributed by atoms with Gasteiger partial charge in [-0.25, -0.2) is 13.1 Å². The van der Waals surface area contributed by atoms with Crippen molar-refractivity contribution in [1.29, 1.82) is 0 Å². The smallest absolute Gasteiger partial charge is 0.240 e. The first kappa shape index (κ1) is 16.0. The summed E-state index contributed by atoms with van der Waals surface area (Å²) in [6.07, 6.45) is 3.81. The van der Waals surface area contributed by atoms with E-state index in [1.165, 1.54) is 6.42 Å². The van der Waals surface area contributed by atoms with Crippen molar-refractivity contribution in [3.63, 3.8) is 0 Å². The Bertz CT molecular complexity index is 622. The van der Waals surface area contributed by atoms with E-state index in [2.05, 4.69) is 16.6 Å². The fourth-order valence-corrected chi connectivity index (χ4v) is 3.60. The number of rotatable bonds is 5. The second-order valence-corrected chi connectivity index (χ2v) is 7.11. The number of hydrogen-bond acceptors (Lipinski definition) is 3. The first-order valence-electron chi connectivity index (χ1n) is 7.25. The molecule has 1 unspecified atom stereocenters. The Balaban J connectivity index is 2.04. The Morgan fingerprint density at radius 2 is 2.00 bits per heavy atom. The molecule has 1 aliphatic rings. The highest BCUT2D eigenvalue weighted by Crippen LogP contribution is 2.30. The van der Waals surface area contributed by atoms with Crippen LogP contribution in [0.25, 0.3) is 0 Å². The average Bonchev–Trinajstić information content (AvgIpc) is 2.37. The number of benzene rings is 1. The molecule has 0 aromatic heterocycles. The van der Waals surface area contributed by atoms with Crippen molar-refractivity contribution in [2.24, 2.45) is 5.92 Å². The van der Waals surface area contributed by atoms with Crippen LogP contribution in [-0.4, -0.2) is 26.2 Å². The van der Waals surface area contributed by atoms with Crippen LogP contribution in [0.2, 0.25) is 0 Å². The summed E-state index contributed by atoms with van der Waals surface area (Å²) >= 11 is 0. The molecule has 2 rings (SSSR count). The van der Waals surface area contributed by atoms with Crippen LogP contribution in [0.5, 0.6) is 0 Å². The molecule has 114 valence electrons. The highest BCUT2D eigenvalue weighted by atomic mass is 32.2. The minimum atomic E-state index is -3.46. The molecule has 1 aromatic carbocycles. The van der Waals surface area contributed by atoms with Crippen LogP contribution in [0.3, 0.4) is 0 Å². The molecule has 21 heavy (non-hydrogen) atoms. The molecule has 1 saturated carbocycles. The second kappa shape index (κ2) is 7.08. The molecule has 1 atom stereocenters. The first-order chi connectivity index (χ1) is 10.0. The van der Waals surface area contributed by atoms with Gasteiger partial charge in [0.15, 0.2) is 0 Å². The fourth-order valence-electron chi connectivity index (χ4n) is 2.29. The van der Waals surface area contributed by atoms with Crippen molar-refractivity contribution < 1.29 is 13.5 Å². The normalized spacial score (nSPS) is 16.7. The third-order valence-electron chi connectivity index (χ3n) is 3.83. The molecule has 5 heteroatoms. The van der Waals surface area contributed by atoms with Gasteiger partial charge in [0.1, 0.15) is 0 Å². The van der Waals surface area contributed by atoms with Crippen molar-refractivity contribution in [2.75, 3.05) is 6.61 Å². The van der Waals surface area contributed by atoms with Gasteiger partial charge in [0.25, 0.3) is 0 Å². The van der Waals surface area contributed by atoms with E-state index in [4.69, 9.17) is 5.11 Å². The van der Waals surface area contributed by atoms with Gasteiger partial charge in [-0.1, -0.05) is 18.3 Å². The number of hydrogen-bond donors (Lipinski definition) is 2. The standard InChI is InChI=1S/C16H21NO3S/c1-13(15-6-4-7-15)17-21(19,20)16-10-8-14(9-11-16)5-2-3-12-18/h8-11,13,15,17-18H,3-4,6-7,12H2,1H3. The van der Waals surface area contributed by atoms with Gasteiger partial charge < -0.3 is 5.11 Å². The minimum absolute atomic E-state index is 0.0206. The summed E-state index contributed by atoms with van der Waals surface area (Å²) in [7, 11) is -3.46. The summed E-state index contributed by atoms with van der Waals surface area (Å²) in [6, 6.07) is 6.49. The quantitative estimate of drug-likeness (QED) is 0.816. The third kappa shape index (κ3) is 4.31. The van der Waals surface area contributed by atoms with E-state index >= 15 is 0 Å². The maximum Gasteiger partial charge on any atom is 0.240 e. The Kier molecular flexibility index (Phi) is 5.40. The zero-order valence-corrected chi connectivity index (χ0v) is 13.0. The Labute approximate surface area is 126 Å². The van der Waals surface area contributed by atoms with E-state index < -0.39 is 10.0 Å². The Hall–Kier alpha value is -1.35. The maximum atomic E-state index is 12.3. The molecule has 2 N–H and O–H groups in total. The van der Waals surface area contributed by atoms with E-state index in [1.54, 1.807) is 24.3 Å². The predicted molar refractivity (Wildman–Crippen MR) is 82.1 cm³/mol. The number of aliphatic hydroxyl groups excluding tert-OH is 1. The van der Waals surface area contributed by atoms with Gasteiger partial charge in [0, 0.05) is 18.0 Å². The van der Waals surface area contributed by atoms with Crippen LogP contribution in [0, 0.1) is 17.8 Å². The highest BCUT2D eigenvalue weighted by molar-refractivity contribution is 7.89. The van der Waals surface area contributed by atoms with E-state index in [9.17, 15) is 8.42 Å². The van der Waals surface area contributed by atoms with E-state index in [0.29, 0.717) is 12.3 Å². The molecule has 4 nitrogen and oxygen atoms in total. The van der Waals surface area contributed by atoms with Gasteiger partial charge in [-0.15, -0.1) is 0 Å². The average molecular weight is 307 g/mol. The van der Waals surface area contributed by atoms with Crippen LogP contribution in [-0.2, 0) is 10.0 Å². The van der Waals surface area contributed by atoms with Crippen molar-refractivity contribution >= 4 is 10.0 Å². The topological polar surface area (TPSA) is 66.4 Å². The minimum Gasteiger partial charge on any atom is -0.395 e. The van der Waals surface area contributed by atoms with Gasteiger partial charge in [-0.3, -0.25) is 0 Å². The molecule has 1 aliphatic carbocycles. The summed E-state index contributed by atoms with van der Waals surface area (Å²) in [4.78, 5) is 0.265. The van der Waals surface area contributed by atoms with E-state index in [0.717, 1.165) is 18.4 Å².